The van der Waals surface area contributed by atoms with E-state index in [0.717, 1.165) is 16.6 Å². The number of nitrogens with two attached hydrogens (primary N) is 1. The van der Waals surface area contributed by atoms with Gasteiger partial charge in [-0.3, -0.25) is 9.13 Å². The molecule has 5 nitrogen and oxygen atoms in total. The van der Waals surface area contributed by atoms with Crippen LogP contribution in [0.15, 0.2) is 28.6 Å². The van der Waals surface area contributed by atoms with Crippen LogP contribution in [0.3, 0.4) is 0 Å². The second-order valence-electron chi connectivity index (χ2n) is 4.18. The van der Waals surface area contributed by atoms with Crippen LogP contribution in [0.25, 0.3) is 17.1 Å². The summed E-state index contributed by atoms with van der Waals surface area (Å²) in [6, 6.07) is 7.42. The summed E-state index contributed by atoms with van der Waals surface area (Å²) in [6.45, 7) is 0. The minimum atomic E-state index is -0.0917. The highest BCUT2D eigenvalue weighted by molar-refractivity contribution is 7.80. The lowest BCUT2D eigenvalue weighted by Gasteiger charge is -1.99. The van der Waals surface area contributed by atoms with Crippen molar-refractivity contribution >= 4 is 34.3 Å². The van der Waals surface area contributed by atoms with Gasteiger partial charge in [-0.2, -0.15) is 5.26 Å². The molecule has 1 heterocycles. The number of rotatable bonds is 2. The molecule has 0 radical (unpaired) electrons. The summed E-state index contributed by atoms with van der Waals surface area (Å²) < 4.78 is 3.13. The van der Waals surface area contributed by atoms with Gasteiger partial charge in [0.2, 0.25) is 0 Å². The van der Waals surface area contributed by atoms with Gasteiger partial charge < -0.3 is 5.73 Å². The fourth-order valence-corrected chi connectivity index (χ4v) is 2.04. The molecule has 0 amide bonds. The lowest BCUT2D eigenvalue weighted by atomic mass is 10.1. The average Bonchev–Trinajstić information content (AvgIpc) is 2.61. The zero-order valence-electron chi connectivity index (χ0n) is 10.5. The second-order valence-corrected chi connectivity index (χ2v) is 4.62. The maximum absolute atomic E-state index is 11.8. The molecule has 0 aliphatic heterocycles. The highest BCUT2D eigenvalue weighted by Crippen LogP contribution is 2.16. The Morgan fingerprint density at radius 2 is 2.00 bits per heavy atom. The molecule has 0 atom stereocenters. The molecule has 2 rings (SSSR count). The van der Waals surface area contributed by atoms with Gasteiger partial charge >= 0.3 is 5.69 Å². The number of aryl methyl sites for hydroxylation is 2. The van der Waals surface area contributed by atoms with Crippen LogP contribution in [-0.4, -0.2) is 14.1 Å². The number of nitrogens with zero attached hydrogens (tertiary/aromatic N) is 3. The van der Waals surface area contributed by atoms with E-state index in [0.29, 0.717) is 0 Å². The van der Waals surface area contributed by atoms with E-state index >= 15 is 0 Å². The molecule has 19 heavy (non-hydrogen) atoms. The van der Waals surface area contributed by atoms with Gasteiger partial charge in [-0.1, -0.05) is 18.3 Å². The fraction of sp³-hybridized carbons (Fsp3) is 0.154. The Kier molecular flexibility index (Phi) is 3.23. The number of hydrogen-bond donors (Lipinski definition) is 1. The molecule has 2 aromatic rings. The van der Waals surface area contributed by atoms with Crippen LogP contribution in [0.1, 0.15) is 5.56 Å². The van der Waals surface area contributed by atoms with Crippen LogP contribution in [0, 0.1) is 11.3 Å². The Morgan fingerprint density at radius 1 is 1.37 bits per heavy atom. The molecule has 1 aromatic heterocycles. The highest BCUT2D eigenvalue weighted by atomic mass is 32.1. The van der Waals surface area contributed by atoms with E-state index in [1.54, 1.807) is 29.3 Å². The van der Waals surface area contributed by atoms with Crippen LogP contribution in [0.4, 0.5) is 0 Å². The van der Waals surface area contributed by atoms with E-state index in [1.807, 2.05) is 24.3 Å². The predicted molar refractivity (Wildman–Crippen MR) is 78.5 cm³/mol. The maximum Gasteiger partial charge on any atom is 0.328 e. The average molecular weight is 272 g/mol. The number of aromatic nitrogens is 2. The lowest BCUT2D eigenvalue weighted by Crippen LogP contribution is -2.19. The maximum atomic E-state index is 11.8. The van der Waals surface area contributed by atoms with E-state index in [1.165, 1.54) is 0 Å². The third-order valence-electron chi connectivity index (χ3n) is 2.99. The first-order valence-corrected chi connectivity index (χ1v) is 5.93. The number of benzene rings is 1. The summed E-state index contributed by atoms with van der Waals surface area (Å²) in [6.07, 6.45) is 1.61. The van der Waals surface area contributed by atoms with Crippen molar-refractivity contribution in [3.63, 3.8) is 0 Å². The van der Waals surface area contributed by atoms with Crippen molar-refractivity contribution in [3.05, 3.63) is 39.8 Å². The van der Waals surface area contributed by atoms with E-state index in [4.69, 9.17) is 23.2 Å². The summed E-state index contributed by atoms with van der Waals surface area (Å²) in [5.74, 6) is 0. The molecular formula is C13H12N4OS. The standard InChI is InChI=1S/C13H12N4OS/c1-16-10-4-3-8(5-9(7-14)12(15)19)6-11(10)17(2)13(16)18/h3-6H,1-2H3,(H2,15,19). The summed E-state index contributed by atoms with van der Waals surface area (Å²) in [7, 11) is 3.42. The third-order valence-corrected chi connectivity index (χ3v) is 3.21. The Morgan fingerprint density at radius 3 is 2.58 bits per heavy atom. The first kappa shape index (κ1) is 13.1. The summed E-state index contributed by atoms with van der Waals surface area (Å²) in [5.41, 5.74) is 8.00. The van der Waals surface area contributed by atoms with Crippen LogP contribution >= 0.6 is 12.2 Å². The minimum Gasteiger partial charge on any atom is -0.389 e. The molecule has 0 aliphatic rings. The number of hydrogen-bond acceptors (Lipinski definition) is 3. The topological polar surface area (TPSA) is 76.7 Å². The molecule has 0 fully saturated rings. The highest BCUT2D eigenvalue weighted by Gasteiger charge is 2.08. The molecule has 0 saturated heterocycles. The largest absolute Gasteiger partial charge is 0.389 e. The van der Waals surface area contributed by atoms with E-state index < -0.39 is 0 Å². The Hall–Kier alpha value is -2.39. The number of nitriles is 1. The fourth-order valence-electron chi connectivity index (χ4n) is 1.94. The molecule has 0 bridgehead atoms. The SMILES string of the molecule is Cn1c(=O)n(C)c2cc(C=C(C#N)C(N)=S)ccc21. The van der Waals surface area contributed by atoms with Crippen molar-refractivity contribution in [3.8, 4) is 6.07 Å². The Labute approximate surface area is 115 Å². The Balaban J connectivity index is 2.67. The van der Waals surface area contributed by atoms with E-state index in [9.17, 15) is 4.79 Å². The van der Waals surface area contributed by atoms with Crippen LogP contribution < -0.4 is 11.4 Å². The lowest BCUT2D eigenvalue weighted by molar-refractivity contribution is 0.795. The molecule has 0 spiro atoms. The van der Waals surface area contributed by atoms with Crippen molar-refractivity contribution < 1.29 is 0 Å². The molecule has 6 heteroatoms. The predicted octanol–water partition coefficient (Wildman–Crippen LogP) is 1.07. The first-order valence-electron chi connectivity index (χ1n) is 5.52. The Bertz CT molecular complexity index is 804. The zero-order valence-corrected chi connectivity index (χ0v) is 11.4. The van der Waals surface area contributed by atoms with Crippen molar-refractivity contribution in [1.82, 2.24) is 9.13 Å². The van der Waals surface area contributed by atoms with Crippen LogP contribution in [0.2, 0.25) is 0 Å². The molecule has 96 valence electrons. The van der Waals surface area contributed by atoms with Crippen molar-refractivity contribution in [2.75, 3.05) is 0 Å². The van der Waals surface area contributed by atoms with Crippen molar-refractivity contribution in [1.29, 1.82) is 5.26 Å². The van der Waals surface area contributed by atoms with E-state index in [2.05, 4.69) is 0 Å². The van der Waals surface area contributed by atoms with Crippen LogP contribution in [-0.2, 0) is 14.1 Å². The van der Waals surface area contributed by atoms with Crippen molar-refractivity contribution in [2.24, 2.45) is 19.8 Å². The molecular weight excluding hydrogens is 260 g/mol. The quantitative estimate of drug-likeness (QED) is 0.504. The first-order chi connectivity index (χ1) is 8.95. The van der Waals surface area contributed by atoms with Gasteiger partial charge in [-0.15, -0.1) is 0 Å². The molecule has 2 N–H and O–H groups in total. The molecule has 0 aliphatic carbocycles. The summed E-state index contributed by atoms with van der Waals surface area (Å²) >= 11 is 4.79. The van der Waals surface area contributed by atoms with Crippen molar-refractivity contribution in [2.45, 2.75) is 0 Å². The van der Waals surface area contributed by atoms with Gasteiger partial charge in [-0.05, 0) is 23.8 Å². The zero-order chi connectivity index (χ0) is 14.2. The molecule has 0 unspecified atom stereocenters. The van der Waals surface area contributed by atoms with Gasteiger partial charge in [0.25, 0.3) is 0 Å². The van der Waals surface area contributed by atoms with Crippen LogP contribution in [0.5, 0.6) is 0 Å². The summed E-state index contributed by atoms with van der Waals surface area (Å²) in [4.78, 5) is 11.9. The third kappa shape index (κ3) is 2.16. The normalized spacial score (nSPS) is 11.5. The second kappa shape index (κ2) is 4.71. The van der Waals surface area contributed by atoms with Gasteiger partial charge in [0.15, 0.2) is 0 Å². The summed E-state index contributed by atoms with van der Waals surface area (Å²) in [5, 5.41) is 8.93. The molecule has 1 aromatic carbocycles. The van der Waals surface area contributed by atoms with Gasteiger partial charge in [-0.25, -0.2) is 4.79 Å². The molecule has 0 saturated carbocycles. The number of fused-ring (bicyclic) bond motifs is 1. The van der Waals surface area contributed by atoms with Gasteiger partial charge in [0.05, 0.1) is 16.6 Å². The smallest absolute Gasteiger partial charge is 0.328 e. The van der Waals surface area contributed by atoms with Gasteiger partial charge in [0.1, 0.15) is 11.1 Å². The number of imidazole rings is 1. The number of thiocarbonyl (C=S) groups is 1. The van der Waals surface area contributed by atoms with E-state index in [-0.39, 0.29) is 16.3 Å². The monoisotopic (exact) mass is 272 g/mol. The van der Waals surface area contributed by atoms with Gasteiger partial charge in [0, 0.05) is 14.1 Å². The minimum absolute atomic E-state index is 0.0598.